The van der Waals surface area contributed by atoms with Gasteiger partial charge in [0.25, 0.3) is 5.91 Å². The summed E-state index contributed by atoms with van der Waals surface area (Å²) in [6, 6.07) is 1.98. The van der Waals surface area contributed by atoms with Crippen molar-refractivity contribution in [2.75, 3.05) is 19.6 Å². The Labute approximate surface area is 168 Å². The lowest BCUT2D eigenvalue weighted by molar-refractivity contribution is -0.140. The minimum Gasteiger partial charge on any atom is -0.341 e. The summed E-state index contributed by atoms with van der Waals surface area (Å²) in [5.74, 6) is -1.42. The quantitative estimate of drug-likeness (QED) is 0.787. The van der Waals surface area contributed by atoms with Gasteiger partial charge in [-0.2, -0.15) is 0 Å². The number of urea groups is 1. The van der Waals surface area contributed by atoms with Crippen molar-refractivity contribution in [1.29, 1.82) is 0 Å². The molecule has 2 saturated heterocycles. The highest BCUT2D eigenvalue weighted by molar-refractivity contribution is 6.09. The summed E-state index contributed by atoms with van der Waals surface area (Å²) in [6.45, 7) is 2.21. The highest BCUT2D eigenvalue weighted by Gasteiger charge is 2.51. The van der Waals surface area contributed by atoms with Crippen molar-refractivity contribution in [3.63, 3.8) is 0 Å². The van der Waals surface area contributed by atoms with E-state index < -0.39 is 35.7 Å². The van der Waals surface area contributed by atoms with Gasteiger partial charge in [-0.15, -0.1) is 0 Å². The first-order valence-corrected chi connectivity index (χ1v) is 10.2. The monoisotopic (exact) mass is 405 g/mol. The number of carbonyl (C=O) groups is 3. The first-order valence-electron chi connectivity index (χ1n) is 10.2. The summed E-state index contributed by atoms with van der Waals surface area (Å²) in [6.07, 6.45) is 5.68. The van der Waals surface area contributed by atoms with Crippen molar-refractivity contribution in [3.8, 4) is 0 Å². The number of hydrogen-bond donors (Lipinski definition) is 1. The molecular formula is C21H25F2N3O3. The molecule has 3 atom stereocenters. The molecule has 1 aromatic rings. The third-order valence-corrected chi connectivity index (χ3v) is 6.68. The Hall–Kier alpha value is -2.51. The fraction of sp³-hybridized carbons (Fsp3) is 0.571. The third-order valence-electron chi connectivity index (χ3n) is 6.68. The van der Waals surface area contributed by atoms with Crippen LogP contribution >= 0.6 is 0 Å². The molecule has 2 heterocycles. The molecule has 156 valence electrons. The van der Waals surface area contributed by atoms with Crippen LogP contribution in [0.15, 0.2) is 18.2 Å². The summed E-state index contributed by atoms with van der Waals surface area (Å²) in [5, 5.41) is 2.43. The zero-order chi connectivity index (χ0) is 20.8. The lowest BCUT2D eigenvalue weighted by atomic mass is 9.75. The van der Waals surface area contributed by atoms with E-state index in [-0.39, 0.29) is 11.5 Å². The van der Waals surface area contributed by atoms with Crippen molar-refractivity contribution in [2.24, 2.45) is 11.8 Å². The van der Waals surface area contributed by atoms with E-state index in [4.69, 9.17) is 0 Å². The van der Waals surface area contributed by atoms with E-state index in [0.717, 1.165) is 35.9 Å². The molecule has 3 aliphatic rings. The number of nitrogens with zero attached hydrogens (tertiary/aromatic N) is 2. The van der Waals surface area contributed by atoms with Crippen molar-refractivity contribution < 1.29 is 23.2 Å². The van der Waals surface area contributed by atoms with E-state index in [1.165, 1.54) is 26.2 Å². The Morgan fingerprint density at radius 2 is 1.90 bits per heavy atom. The maximum absolute atomic E-state index is 14.2. The molecule has 0 radical (unpaired) electrons. The van der Waals surface area contributed by atoms with Crippen LogP contribution in [0.4, 0.5) is 13.6 Å². The van der Waals surface area contributed by atoms with Gasteiger partial charge in [0.05, 0.1) is 0 Å². The average Bonchev–Trinajstić information content (AvgIpc) is 2.93. The van der Waals surface area contributed by atoms with Crippen LogP contribution < -0.4 is 5.32 Å². The zero-order valence-electron chi connectivity index (χ0n) is 16.4. The van der Waals surface area contributed by atoms with Crippen molar-refractivity contribution >= 4 is 17.8 Å². The molecule has 0 spiro atoms. The number of nitrogens with one attached hydrogen (secondary N) is 1. The standard InChI is InChI=1S/C21H25F2N3O3/c1-21(16-10-15(22)6-7-17(16)23)19(28)26(20(29)24-21)12-18(27)25-9-8-13-4-2-3-5-14(13)11-25/h6-7,10,13-14H,2-5,8-9,11-12H2,1H3,(H,24,29)/t13-,14+,21-/m0/s1. The van der Waals surface area contributed by atoms with Gasteiger partial charge in [-0.3, -0.25) is 14.5 Å². The highest BCUT2D eigenvalue weighted by atomic mass is 19.1. The molecule has 4 rings (SSSR count). The second kappa shape index (κ2) is 7.39. The van der Waals surface area contributed by atoms with Gasteiger partial charge in [-0.05, 0) is 49.8 Å². The summed E-state index contributed by atoms with van der Waals surface area (Å²) in [4.78, 5) is 40.7. The van der Waals surface area contributed by atoms with Crippen LogP contribution in [-0.4, -0.2) is 47.3 Å². The van der Waals surface area contributed by atoms with Crippen molar-refractivity contribution in [3.05, 3.63) is 35.4 Å². The summed E-state index contributed by atoms with van der Waals surface area (Å²) >= 11 is 0. The number of amides is 4. The number of benzene rings is 1. The summed E-state index contributed by atoms with van der Waals surface area (Å²) in [7, 11) is 0. The highest BCUT2D eigenvalue weighted by Crippen LogP contribution is 2.36. The van der Waals surface area contributed by atoms with E-state index in [1.54, 1.807) is 4.90 Å². The number of hydrogen-bond acceptors (Lipinski definition) is 3. The molecule has 1 aromatic carbocycles. The SMILES string of the molecule is C[C@@]1(c2cc(F)ccc2F)NC(=O)N(CC(=O)N2CC[C@@H]3CCCC[C@@H]3C2)C1=O. The number of carbonyl (C=O) groups excluding carboxylic acids is 3. The largest absolute Gasteiger partial charge is 0.341 e. The second-order valence-corrected chi connectivity index (χ2v) is 8.50. The first-order chi connectivity index (χ1) is 13.8. The molecule has 1 N–H and O–H groups in total. The molecular weight excluding hydrogens is 380 g/mol. The second-order valence-electron chi connectivity index (χ2n) is 8.50. The van der Waals surface area contributed by atoms with Gasteiger partial charge in [0.15, 0.2) is 0 Å². The summed E-state index contributed by atoms with van der Waals surface area (Å²) < 4.78 is 27.9. The normalized spacial score (nSPS) is 29.6. The van der Waals surface area contributed by atoms with E-state index in [2.05, 4.69) is 5.32 Å². The number of likely N-dealkylation sites (tertiary alicyclic amines) is 1. The smallest absolute Gasteiger partial charge is 0.325 e. The van der Waals surface area contributed by atoms with E-state index in [1.807, 2.05) is 0 Å². The molecule has 8 heteroatoms. The van der Waals surface area contributed by atoms with Crippen LogP contribution in [0.1, 0.15) is 44.6 Å². The van der Waals surface area contributed by atoms with E-state index in [9.17, 15) is 23.2 Å². The number of piperidine rings is 1. The third kappa shape index (κ3) is 3.49. The number of halogens is 2. The molecule has 2 aliphatic heterocycles. The molecule has 0 aromatic heterocycles. The lowest BCUT2D eigenvalue weighted by Gasteiger charge is -2.41. The van der Waals surface area contributed by atoms with Gasteiger partial charge in [-0.25, -0.2) is 13.6 Å². The van der Waals surface area contributed by atoms with Gasteiger partial charge >= 0.3 is 6.03 Å². The van der Waals surface area contributed by atoms with Gasteiger partial charge < -0.3 is 10.2 Å². The molecule has 29 heavy (non-hydrogen) atoms. The fourth-order valence-electron chi connectivity index (χ4n) is 4.97. The number of imide groups is 1. The molecule has 1 aliphatic carbocycles. The number of fused-ring (bicyclic) bond motifs is 1. The predicted molar refractivity (Wildman–Crippen MR) is 101 cm³/mol. The Morgan fingerprint density at radius 3 is 2.66 bits per heavy atom. The lowest BCUT2D eigenvalue weighted by Crippen LogP contribution is -2.49. The molecule has 6 nitrogen and oxygen atoms in total. The van der Waals surface area contributed by atoms with Crippen LogP contribution in [0.25, 0.3) is 0 Å². The van der Waals surface area contributed by atoms with Gasteiger partial charge in [0.1, 0.15) is 23.7 Å². The van der Waals surface area contributed by atoms with Gasteiger partial charge in [0, 0.05) is 18.7 Å². The minimum absolute atomic E-state index is 0.256. The van der Waals surface area contributed by atoms with Gasteiger partial charge in [0.2, 0.25) is 5.91 Å². The maximum Gasteiger partial charge on any atom is 0.325 e. The Bertz CT molecular complexity index is 862. The van der Waals surface area contributed by atoms with Crippen LogP contribution in [0, 0.1) is 23.5 Å². The van der Waals surface area contributed by atoms with E-state index >= 15 is 0 Å². The molecule has 4 amide bonds. The van der Waals surface area contributed by atoms with Crippen LogP contribution in [0.5, 0.6) is 0 Å². The molecule has 3 fully saturated rings. The maximum atomic E-state index is 14.2. The van der Waals surface area contributed by atoms with Crippen molar-refractivity contribution in [2.45, 2.75) is 44.6 Å². The van der Waals surface area contributed by atoms with Crippen LogP contribution in [-0.2, 0) is 15.1 Å². The fourth-order valence-corrected chi connectivity index (χ4v) is 4.97. The Balaban J connectivity index is 1.48. The minimum atomic E-state index is -1.75. The molecule has 0 unspecified atom stereocenters. The topological polar surface area (TPSA) is 69.7 Å². The first kappa shape index (κ1) is 19.8. The van der Waals surface area contributed by atoms with Crippen LogP contribution in [0.3, 0.4) is 0 Å². The Kier molecular flexibility index (Phi) is 5.04. The zero-order valence-corrected chi connectivity index (χ0v) is 16.4. The Morgan fingerprint density at radius 1 is 1.17 bits per heavy atom. The van der Waals surface area contributed by atoms with Crippen LogP contribution in [0.2, 0.25) is 0 Å². The van der Waals surface area contributed by atoms with E-state index in [0.29, 0.717) is 24.9 Å². The molecule has 0 bridgehead atoms. The molecule has 1 saturated carbocycles. The predicted octanol–water partition coefficient (Wildman–Crippen LogP) is 2.77. The van der Waals surface area contributed by atoms with Gasteiger partial charge in [-0.1, -0.05) is 19.3 Å². The summed E-state index contributed by atoms with van der Waals surface area (Å²) in [5.41, 5.74) is -2.01. The number of rotatable bonds is 3. The average molecular weight is 405 g/mol. The van der Waals surface area contributed by atoms with Crippen molar-refractivity contribution in [1.82, 2.24) is 15.1 Å².